The van der Waals surface area contributed by atoms with Crippen molar-refractivity contribution in [2.45, 2.75) is 20.3 Å². The van der Waals surface area contributed by atoms with E-state index in [0.717, 1.165) is 15.0 Å². The van der Waals surface area contributed by atoms with Gasteiger partial charge in [-0.2, -0.15) is 0 Å². The normalized spacial score (nSPS) is 10.8. The molecule has 0 saturated carbocycles. The molecule has 0 unspecified atom stereocenters. The van der Waals surface area contributed by atoms with Crippen LogP contribution in [0.5, 0.6) is 0 Å². The van der Waals surface area contributed by atoms with Gasteiger partial charge in [-0.05, 0) is 59.6 Å². The Morgan fingerprint density at radius 2 is 1.96 bits per heavy atom. The third-order valence-corrected chi connectivity index (χ3v) is 5.47. The molecule has 0 saturated heterocycles. The van der Waals surface area contributed by atoms with Crippen molar-refractivity contribution in [1.29, 1.82) is 0 Å². The van der Waals surface area contributed by atoms with Crippen molar-refractivity contribution >= 4 is 39.0 Å². The number of carbonyl (C=O) groups excluding carboxylic acids is 1. The molecule has 4 nitrogen and oxygen atoms in total. The topological polar surface area (TPSA) is 46.1 Å². The molecular formula is C19H17BrFN3OS. The fraction of sp³-hybridized carbons (Fsp3) is 0.211. The minimum Gasteiger partial charge on any atom is -0.292 e. The summed E-state index contributed by atoms with van der Waals surface area (Å²) in [6.45, 7) is 4.26. The van der Waals surface area contributed by atoms with Crippen molar-refractivity contribution < 1.29 is 9.18 Å². The molecule has 1 aromatic carbocycles. The van der Waals surface area contributed by atoms with Crippen LogP contribution in [0.1, 0.15) is 32.9 Å². The van der Waals surface area contributed by atoms with E-state index in [-0.39, 0.29) is 11.7 Å². The van der Waals surface area contributed by atoms with Crippen LogP contribution in [0.2, 0.25) is 0 Å². The first-order chi connectivity index (χ1) is 12.5. The van der Waals surface area contributed by atoms with Crippen LogP contribution in [0.25, 0.3) is 0 Å². The first-order valence-corrected chi connectivity index (χ1v) is 9.73. The zero-order valence-electron chi connectivity index (χ0n) is 14.4. The van der Waals surface area contributed by atoms with Gasteiger partial charge in [-0.15, -0.1) is 11.3 Å². The predicted molar refractivity (Wildman–Crippen MR) is 105 cm³/mol. The van der Waals surface area contributed by atoms with Crippen LogP contribution in [0.15, 0.2) is 47.1 Å². The van der Waals surface area contributed by atoms with E-state index >= 15 is 0 Å². The van der Waals surface area contributed by atoms with Gasteiger partial charge in [-0.3, -0.25) is 9.69 Å². The van der Waals surface area contributed by atoms with Crippen LogP contribution in [0.3, 0.4) is 0 Å². The first-order valence-electron chi connectivity index (χ1n) is 8.12. The average Bonchev–Trinajstić information content (AvgIpc) is 2.99. The number of halogens is 2. The predicted octanol–water partition coefficient (Wildman–Crippen LogP) is 5.01. The zero-order valence-corrected chi connectivity index (χ0v) is 16.8. The van der Waals surface area contributed by atoms with Gasteiger partial charge in [-0.1, -0.05) is 12.1 Å². The van der Waals surface area contributed by atoms with Gasteiger partial charge in [0.2, 0.25) is 0 Å². The van der Waals surface area contributed by atoms with E-state index in [4.69, 9.17) is 0 Å². The molecule has 0 N–H and O–H groups in total. The largest absolute Gasteiger partial charge is 0.292 e. The third-order valence-electron chi connectivity index (χ3n) is 3.85. The molecule has 7 heteroatoms. The number of thiazole rings is 1. The summed E-state index contributed by atoms with van der Waals surface area (Å²) < 4.78 is 13.9. The molecule has 3 rings (SSSR count). The van der Waals surface area contributed by atoms with Gasteiger partial charge in [0.1, 0.15) is 16.5 Å². The monoisotopic (exact) mass is 433 g/mol. The summed E-state index contributed by atoms with van der Waals surface area (Å²) in [6, 6.07) is 9.99. The highest BCUT2D eigenvalue weighted by molar-refractivity contribution is 9.10. The van der Waals surface area contributed by atoms with E-state index in [1.165, 1.54) is 23.5 Å². The van der Waals surface area contributed by atoms with Crippen molar-refractivity contribution in [3.63, 3.8) is 0 Å². The lowest BCUT2D eigenvalue weighted by Crippen LogP contribution is -2.31. The van der Waals surface area contributed by atoms with Gasteiger partial charge in [0.25, 0.3) is 5.91 Å². The third kappa shape index (κ3) is 4.16. The average molecular weight is 434 g/mol. The Kier molecular flexibility index (Phi) is 5.78. The number of aryl methyl sites for hydroxylation is 1. The Bertz CT molecular complexity index is 910. The molecule has 0 radical (unpaired) electrons. The summed E-state index contributed by atoms with van der Waals surface area (Å²) >= 11 is 4.73. The molecule has 0 aliphatic rings. The molecule has 1 amide bonds. The van der Waals surface area contributed by atoms with Gasteiger partial charge < -0.3 is 0 Å². The number of pyridine rings is 1. The summed E-state index contributed by atoms with van der Waals surface area (Å²) in [4.78, 5) is 24.1. The lowest BCUT2D eigenvalue weighted by atomic mass is 10.1. The Hall–Kier alpha value is -2.12. The highest BCUT2D eigenvalue weighted by Gasteiger charge is 2.22. The van der Waals surface area contributed by atoms with Crippen molar-refractivity contribution in [2.24, 2.45) is 0 Å². The summed E-state index contributed by atoms with van der Waals surface area (Å²) in [5.41, 5.74) is 1.66. The second kappa shape index (κ2) is 8.05. The molecule has 2 heterocycles. The SMILES string of the molecule is CCN(C(=O)c1sc(Cc2ccc(F)cc2)nc1C)c1ccc(Br)cn1. The lowest BCUT2D eigenvalue weighted by Gasteiger charge is -2.19. The number of hydrogen-bond acceptors (Lipinski definition) is 4. The highest BCUT2D eigenvalue weighted by atomic mass is 79.9. The van der Waals surface area contributed by atoms with Crippen LogP contribution < -0.4 is 4.90 Å². The molecule has 0 bridgehead atoms. The molecule has 2 aromatic heterocycles. The summed E-state index contributed by atoms with van der Waals surface area (Å²) in [7, 11) is 0. The smallest absolute Gasteiger partial charge is 0.271 e. The van der Waals surface area contributed by atoms with Crippen molar-refractivity contribution in [2.75, 3.05) is 11.4 Å². The maximum absolute atomic E-state index is 13.0. The van der Waals surface area contributed by atoms with Crippen LogP contribution in [-0.2, 0) is 6.42 Å². The molecular weight excluding hydrogens is 417 g/mol. The fourth-order valence-corrected chi connectivity index (χ4v) is 3.85. The Morgan fingerprint density at radius 1 is 1.23 bits per heavy atom. The zero-order chi connectivity index (χ0) is 18.7. The summed E-state index contributed by atoms with van der Waals surface area (Å²) in [5, 5.41) is 0.831. The maximum Gasteiger partial charge on any atom is 0.271 e. The first kappa shape index (κ1) is 18.7. The van der Waals surface area contributed by atoms with E-state index in [1.54, 1.807) is 29.3 Å². The van der Waals surface area contributed by atoms with Crippen LogP contribution in [0, 0.1) is 12.7 Å². The molecule has 26 heavy (non-hydrogen) atoms. The van der Waals surface area contributed by atoms with Gasteiger partial charge in [0.05, 0.1) is 10.7 Å². The van der Waals surface area contributed by atoms with Crippen molar-refractivity contribution in [3.8, 4) is 0 Å². The Balaban J connectivity index is 1.83. The van der Waals surface area contributed by atoms with Crippen molar-refractivity contribution in [1.82, 2.24) is 9.97 Å². The molecule has 0 spiro atoms. The van der Waals surface area contributed by atoms with E-state index in [1.807, 2.05) is 19.9 Å². The van der Waals surface area contributed by atoms with E-state index in [9.17, 15) is 9.18 Å². The van der Waals surface area contributed by atoms with Crippen LogP contribution >= 0.6 is 27.3 Å². The molecule has 0 aliphatic carbocycles. The number of benzene rings is 1. The number of aromatic nitrogens is 2. The molecule has 134 valence electrons. The number of hydrogen-bond donors (Lipinski definition) is 0. The van der Waals surface area contributed by atoms with Gasteiger partial charge >= 0.3 is 0 Å². The quantitative estimate of drug-likeness (QED) is 0.568. The molecule has 0 atom stereocenters. The maximum atomic E-state index is 13.0. The lowest BCUT2D eigenvalue weighted by molar-refractivity contribution is 0.0990. The fourth-order valence-electron chi connectivity index (χ4n) is 2.56. The van der Waals surface area contributed by atoms with Gasteiger partial charge in [0.15, 0.2) is 0 Å². The van der Waals surface area contributed by atoms with E-state index in [0.29, 0.717) is 29.4 Å². The Morgan fingerprint density at radius 3 is 2.58 bits per heavy atom. The second-order valence-corrected chi connectivity index (χ2v) is 7.71. The Labute approximate surface area is 163 Å². The van der Waals surface area contributed by atoms with Gasteiger partial charge in [0, 0.05) is 23.6 Å². The highest BCUT2D eigenvalue weighted by Crippen LogP contribution is 2.25. The van der Waals surface area contributed by atoms with Crippen LogP contribution in [-0.4, -0.2) is 22.4 Å². The van der Waals surface area contributed by atoms with Crippen LogP contribution in [0.4, 0.5) is 10.2 Å². The number of carbonyl (C=O) groups is 1. The van der Waals surface area contributed by atoms with Gasteiger partial charge in [-0.25, -0.2) is 14.4 Å². The summed E-state index contributed by atoms with van der Waals surface area (Å²) in [6.07, 6.45) is 2.24. The molecule has 0 fully saturated rings. The standard InChI is InChI=1S/C19H17BrFN3OS/c1-3-24(16-9-6-14(20)11-22-16)19(25)18-12(2)23-17(26-18)10-13-4-7-15(21)8-5-13/h4-9,11H,3,10H2,1-2H3. The summed E-state index contributed by atoms with van der Waals surface area (Å²) in [5.74, 6) is 0.233. The molecule has 3 aromatic rings. The number of anilines is 1. The number of rotatable bonds is 5. The number of nitrogens with zero attached hydrogens (tertiary/aromatic N) is 3. The molecule has 0 aliphatic heterocycles. The minimum absolute atomic E-state index is 0.109. The van der Waals surface area contributed by atoms with E-state index < -0.39 is 0 Å². The second-order valence-electron chi connectivity index (χ2n) is 5.71. The van der Waals surface area contributed by atoms with E-state index in [2.05, 4.69) is 25.9 Å². The number of amides is 1. The van der Waals surface area contributed by atoms with Crippen molar-refractivity contribution in [3.05, 3.63) is 74.0 Å². The minimum atomic E-state index is -0.263.